The van der Waals surface area contributed by atoms with E-state index in [1.54, 1.807) is 0 Å². The smallest absolute Gasteiger partial charge is 0.209 e. The van der Waals surface area contributed by atoms with Gasteiger partial charge in [-0.3, -0.25) is 4.79 Å². The lowest BCUT2D eigenvalue weighted by molar-refractivity contribution is -0.119. The molecule has 2 rings (SSSR count). The minimum Gasteiger partial charge on any atom is -0.368 e. The number of allylic oxidation sites excluding steroid dienone is 4. The quantitative estimate of drug-likeness (QED) is 0.548. The number of hydrogen-bond donors (Lipinski definition) is 0. The van der Waals surface area contributed by atoms with E-state index in [-0.39, 0.29) is 5.41 Å². The molecule has 0 aromatic heterocycles. The molecule has 1 aliphatic heterocycles. The topological polar surface area (TPSA) is 23.6 Å². The third-order valence-corrected chi connectivity index (χ3v) is 5.24. The predicted molar refractivity (Wildman–Crippen MR) is 96.0 cm³/mol. The zero-order valence-corrected chi connectivity index (χ0v) is 14.8. The van der Waals surface area contributed by atoms with Crippen LogP contribution in [0.4, 0.5) is 0 Å². The van der Waals surface area contributed by atoms with E-state index >= 15 is 0 Å². The standard InChI is InChI=1S/C20H30N2O/c1-4-12-20(3,5-2)18-8-6-10-19(11-7-9-18)22-15-13-21(17-23)14-16-22/h8-11,17H,4-6,12-16H2,1-3H3/b18-8+,19-10+. The Morgan fingerprint density at radius 3 is 2.52 bits per heavy atom. The largest absolute Gasteiger partial charge is 0.368 e. The molecule has 126 valence electrons. The Morgan fingerprint density at radius 1 is 1.17 bits per heavy atom. The highest BCUT2D eigenvalue weighted by Crippen LogP contribution is 2.37. The molecule has 0 aromatic carbocycles. The van der Waals surface area contributed by atoms with E-state index in [2.05, 4.69) is 55.7 Å². The maximum atomic E-state index is 10.8. The van der Waals surface area contributed by atoms with Gasteiger partial charge in [0.05, 0.1) is 0 Å². The molecule has 1 aliphatic carbocycles. The minimum absolute atomic E-state index is 0.260. The summed E-state index contributed by atoms with van der Waals surface area (Å²) < 4.78 is 0. The van der Waals surface area contributed by atoms with Crippen LogP contribution in [0.5, 0.6) is 0 Å². The molecule has 0 saturated carbocycles. The van der Waals surface area contributed by atoms with Crippen molar-refractivity contribution in [1.29, 1.82) is 0 Å². The lowest BCUT2D eigenvalue weighted by Gasteiger charge is -2.35. The van der Waals surface area contributed by atoms with E-state index < -0.39 is 0 Å². The number of hydrogen-bond acceptors (Lipinski definition) is 2. The van der Waals surface area contributed by atoms with Gasteiger partial charge in [-0.15, -0.1) is 5.73 Å². The second-order valence-corrected chi connectivity index (χ2v) is 6.77. The molecule has 0 spiro atoms. The van der Waals surface area contributed by atoms with Crippen LogP contribution in [0.15, 0.2) is 41.3 Å². The molecule has 23 heavy (non-hydrogen) atoms. The first kappa shape index (κ1) is 17.6. The molecular weight excluding hydrogens is 284 g/mol. The Bertz CT molecular complexity index is 532. The van der Waals surface area contributed by atoms with Crippen molar-refractivity contribution in [3.8, 4) is 0 Å². The Balaban J connectivity index is 2.07. The van der Waals surface area contributed by atoms with Crippen molar-refractivity contribution in [2.45, 2.75) is 46.5 Å². The van der Waals surface area contributed by atoms with Gasteiger partial charge >= 0.3 is 0 Å². The van der Waals surface area contributed by atoms with Crippen LogP contribution < -0.4 is 0 Å². The van der Waals surface area contributed by atoms with Gasteiger partial charge < -0.3 is 9.80 Å². The van der Waals surface area contributed by atoms with Gasteiger partial charge in [-0.25, -0.2) is 0 Å². The Labute approximate surface area is 141 Å². The molecule has 1 fully saturated rings. The summed E-state index contributed by atoms with van der Waals surface area (Å²) in [5, 5.41) is 0. The van der Waals surface area contributed by atoms with Gasteiger partial charge in [0, 0.05) is 38.0 Å². The van der Waals surface area contributed by atoms with Crippen molar-refractivity contribution in [2.75, 3.05) is 26.2 Å². The van der Waals surface area contributed by atoms with Crippen LogP contribution in [0.3, 0.4) is 0 Å². The molecular formula is C20H30N2O. The average molecular weight is 314 g/mol. The summed E-state index contributed by atoms with van der Waals surface area (Å²) in [5.41, 5.74) is 6.31. The van der Waals surface area contributed by atoms with Gasteiger partial charge in [-0.2, -0.15) is 0 Å². The fourth-order valence-corrected chi connectivity index (χ4v) is 3.44. The first-order valence-corrected chi connectivity index (χ1v) is 8.90. The summed E-state index contributed by atoms with van der Waals surface area (Å²) in [4.78, 5) is 15.0. The normalized spacial score (nSPS) is 25.7. The summed E-state index contributed by atoms with van der Waals surface area (Å²) in [7, 11) is 0. The summed E-state index contributed by atoms with van der Waals surface area (Å²) in [6.07, 6.45) is 14.4. The van der Waals surface area contributed by atoms with E-state index in [0.717, 1.165) is 45.4 Å². The zero-order chi connectivity index (χ0) is 16.7. The highest BCUT2D eigenvalue weighted by molar-refractivity contribution is 5.47. The van der Waals surface area contributed by atoms with Crippen molar-refractivity contribution >= 4 is 6.41 Å². The van der Waals surface area contributed by atoms with Crippen molar-refractivity contribution in [3.63, 3.8) is 0 Å². The summed E-state index contributed by atoms with van der Waals surface area (Å²) in [5.74, 6) is 0. The maximum Gasteiger partial charge on any atom is 0.209 e. The van der Waals surface area contributed by atoms with E-state index in [1.165, 1.54) is 24.1 Å². The molecule has 0 bridgehead atoms. The number of piperazine rings is 1. The Morgan fingerprint density at radius 2 is 1.91 bits per heavy atom. The van der Waals surface area contributed by atoms with Crippen LogP contribution in [-0.4, -0.2) is 42.4 Å². The molecule has 1 atom stereocenters. The molecule has 3 heteroatoms. The fraction of sp³-hybridized carbons (Fsp3) is 0.600. The predicted octanol–water partition coefficient (Wildman–Crippen LogP) is 3.90. The highest BCUT2D eigenvalue weighted by Gasteiger charge is 2.24. The van der Waals surface area contributed by atoms with Gasteiger partial charge in [0.25, 0.3) is 0 Å². The molecule has 0 N–H and O–H groups in total. The lowest BCUT2D eigenvalue weighted by Crippen LogP contribution is -2.44. The number of carbonyl (C=O) groups excluding carboxylic acids is 1. The number of amides is 1. The third kappa shape index (κ3) is 4.39. The van der Waals surface area contributed by atoms with Gasteiger partial charge in [0.2, 0.25) is 6.41 Å². The molecule has 0 radical (unpaired) electrons. The summed E-state index contributed by atoms with van der Waals surface area (Å²) >= 11 is 0. The van der Waals surface area contributed by atoms with Gasteiger partial charge in [-0.1, -0.05) is 39.3 Å². The number of carbonyl (C=O) groups is 1. The Hall–Kier alpha value is -1.73. The highest BCUT2D eigenvalue weighted by atomic mass is 16.1. The van der Waals surface area contributed by atoms with Crippen LogP contribution in [0.2, 0.25) is 0 Å². The first-order valence-electron chi connectivity index (χ1n) is 8.90. The van der Waals surface area contributed by atoms with E-state index in [1.807, 2.05) is 4.90 Å². The fourth-order valence-electron chi connectivity index (χ4n) is 3.44. The molecule has 1 heterocycles. The van der Waals surface area contributed by atoms with Crippen molar-refractivity contribution in [2.24, 2.45) is 5.41 Å². The van der Waals surface area contributed by atoms with Crippen LogP contribution in [-0.2, 0) is 4.79 Å². The van der Waals surface area contributed by atoms with Crippen molar-refractivity contribution in [3.05, 3.63) is 41.3 Å². The minimum atomic E-state index is 0.260. The van der Waals surface area contributed by atoms with Crippen molar-refractivity contribution < 1.29 is 4.79 Å². The third-order valence-electron chi connectivity index (χ3n) is 5.24. The van der Waals surface area contributed by atoms with Crippen LogP contribution in [0.1, 0.15) is 46.5 Å². The van der Waals surface area contributed by atoms with Crippen LogP contribution >= 0.6 is 0 Å². The SMILES string of the molecule is CCCC(C)(CC)/C1=C/C/C=C(/N2CCN(C=O)CC2)C=C=C1. The van der Waals surface area contributed by atoms with E-state index in [9.17, 15) is 4.79 Å². The second kappa shape index (κ2) is 8.21. The Kier molecular flexibility index (Phi) is 6.29. The second-order valence-electron chi connectivity index (χ2n) is 6.77. The zero-order valence-electron chi connectivity index (χ0n) is 14.8. The van der Waals surface area contributed by atoms with Gasteiger partial charge in [0.15, 0.2) is 0 Å². The van der Waals surface area contributed by atoms with E-state index in [0.29, 0.717) is 0 Å². The molecule has 2 aliphatic rings. The molecule has 3 nitrogen and oxygen atoms in total. The van der Waals surface area contributed by atoms with Crippen LogP contribution in [0, 0.1) is 5.41 Å². The number of rotatable bonds is 6. The number of nitrogens with zero attached hydrogens (tertiary/aromatic N) is 2. The lowest BCUT2D eigenvalue weighted by atomic mass is 9.75. The molecule has 1 amide bonds. The summed E-state index contributed by atoms with van der Waals surface area (Å²) in [6.45, 7) is 10.3. The van der Waals surface area contributed by atoms with Crippen LogP contribution in [0.25, 0.3) is 0 Å². The van der Waals surface area contributed by atoms with Gasteiger partial charge in [-0.05, 0) is 36.3 Å². The van der Waals surface area contributed by atoms with E-state index in [4.69, 9.17) is 0 Å². The maximum absolute atomic E-state index is 10.8. The van der Waals surface area contributed by atoms with Gasteiger partial charge in [0.1, 0.15) is 0 Å². The van der Waals surface area contributed by atoms with Crippen molar-refractivity contribution in [1.82, 2.24) is 9.80 Å². The average Bonchev–Trinajstić information content (AvgIpc) is 2.55. The molecule has 1 unspecified atom stereocenters. The molecule has 1 saturated heterocycles. The first-order chi connectivity index (χ1) is 11.1. The monoisotopic (exact) mass is 314 g/mol. The summed E-state index contributed by atoms with van der Waals surface area (Å²) in [6, 6.07) is 0. The molecule has 0 aromatic rings.